The Labute approximate surface area is 243 Å². The highest BCUT2D eigenvalue weighted by Gasteiger charge is 2.55. The molecule has 0 bridgehead atoms. The van der Waals surface area contributed by atoms with Gasteiger partial charge in [-0.15, -0.1) is 23.1 Å². The van der Waals surface area contributed by atoms with Gasteiger partial charge in [-0.05, 0) is 33.6 Å². The van der Waals surface area contributed by atoms with E-state index in [1.165, 1.54) is 17.1 Å². The van der Waals surface area contributed by atoms with Crippen molar-refractivity contribution < 1.29 is 43.4 Å². The van der Waals surface area contributed by atoms with Gasteiger partial charge in [0.25, 0.3) is 11.8 Å². The summed E-state index contributed by atoms with van der Waals surface area (Å²) >= 11 is 2.27. The normalized spacial score (nSPS) is 20.8. The summed E-state index contributed by atoms with van der Waals surface area (Å²) in [5.74, 6) is -2.90. The molecular formula is C24H30N6O9S2. The van der Waals surface area contributed by atoms with E-state index in [1.807, 2.05) is 0 Å². The van der Waals surface area contributed by atoms with Crippen molar-refractivity contribution in [2.24, 2.45) is 10.6 Å². The standard InChI is InChI=1S/C24H30N6O9S2/c1-24(2,3)21(34)39-11-38-20(33)16-12(8-37-23(35)29-6-4-5-7-29)9-40-19-15(18(32)30(16)19)27-17(31)14(28-36)13-10-41-22(25)26-13/h10,15,19,36H,4-9,11H2,1-3H3,(H2,25,26)(H,27,31)/b28-14-/t15?,19-/m1/s1. The predicted octanol–water partition coefficient (Wildman–Crippen LogP) is 0.880. The molecule has 15 nitrogen and oxygen atoms in total. The molecular weight excluding hydrogens is 580 g/mol. The number of β-lactam (4-membered cyclic amide) rings is 1. The Kier molecular flexibility index (Phi) is 9.06. The van der Waals surface area contributed by atoms with Gasteiger partial charge in [-0.25, -0.2) is 14.6 Å². The van der Waals surface area contributed by atoms with E-state index in [0.717, 1.165) is 29.1 Å². The first-order valence-corrected chi connectivity index (χ1v) is 14.5. The minimum absolute atomic E-state index is 0.0310. The van der Waals surface area contributed by atoms with Gasteiger partial charge in [0, 0.05) is 29.8 Å². The molecule has 4 N–H and O–H groups in total. The zero-order valence-corrected chi connectivity index (χ0v) is 24.2. The van der Waals surface area contributed by atoms with Crippen LogP contribution in [0.15, 0.2) is 21.8 Å². The van der Waals surface area contributed by atoms with Crippen LogP contribution in [0.5, 0.6) is 0 Å². The number of nitrogen functional groups attached to an aromatic ring is 1. The zero-order valence-electron chi connectivity index (χ0n) is 22.6. The van der Waals surface area contributed by atoms with Crippen LogP contribution in [-0.2, 0) is 33.4 Å². The fourth-order valence-electron chi connectivity index (χ4n) is 4.16. The van der Waals surface area contributed by atoms with Gasteiger partial charge in [0.15, 0.2) is 10.8 Å². The van der Waals surface area contributed by atoms with Crippen LogP contribution in [0.4, 0.5) is 9.93 Å². The molecule has 4 heterocycles. The number of anilines is 1. The van der Waals surface area contributed by atoms with E-state index in [2.05, 4.69) is 15.5 Å². The Balaban J connectivity index is 1.49. The highest BCUT2D eigenvalue weighted by Crippen LogP contribution is 2.41. The molecule has 3 amide bonds. The predicted molar refractivity (Wildman–Crippen MR) is 146 cm³/mol. The van der Waals surface area contributed by atoms with Crippen LogP contribution >= 0.6 is 23.1 Å². The van der Waals surface area contributed by atoms with Crippen LogP contribution in [0.3, 0.4) is 0 Å². The third-order valence-electron chi connectivity index (χ3n) is 6.33. The molecule has 3 aliphatic rings. The van der Waals surface area contributed by atoms with Gasteiger partial charge in [0.1, 0.15) is 29.4 Å². The van der Waals surface area contributed by atoms with E-state index in [-0.39, 0.29) is 28.9 Å². The maximum atomic E-state index is 13.2. The zero-order chi connectivity index (χ0) is 29.9. The molecule has 3 aliphatic heterocycles. The first-order valence-electron chi connectivity index (χ1n) is 12.6. The molecule has 2 atom stereocenters. The molecule has 222 valence electrons. The van der Waals surface area contributed by atoms with Crippen molar-refractivity contribution in [3.8, 4) is 0 Å². The smallest absolute Gasteiger partial charge is 0.410 e. The summed E-state index contributed by atoms with van der Waals surface area (Å²) in [7, 11) is 0. The lowest BCUT2D eigenvalue weighted by Crippen LogP contribution is -2.71. The summed E-state index contributed by atoms with van der Waals surface area (Å²) in [5.41, 5.74) is 4.52. The maximum absolute atomic E-state index is 13.2. The number of amides is 3. The van der Waals surface area contributed by atoms with E-state index in [9.17, 15) is 29.2 Å². The van der Waals surface area contributed by atoms with Crippen LogP contribution in [0.1, 0.15) is 39.3 Å². The molecule has 0 saturated carbocycles. The van der Waals surface area contributed by atoms with Gasteiger partial charge in [-0.3, -0.25) is 19.3 Å². The second-order valence-electron chi connectivity index (χ2n) is 10.3. The van der Waals surface area contributed by atoms with Gasteiger partial charge in [-0.1, -0.05) is 5.16 Å². The molecule has 1 aromatic heterocycles. The number of thioether (sulfide) groups is 1. The SMILES string of the molecule is CC(C)(C)C(=O)OCOC(=O)C1=C(COC(=O)N2CCCC2)CS[C@@H]2C(NC(=O)/C(=N\O)c3csc(N)n3)C(=O)N12. The van der Waals surface area contributed by atoms with Crippen LogP contribution in [0.25, 0.3) is 0 Å². The molecule has 17 heteroatoms. The van der Waals surface area contributed by atoms with Crippen molar-refractivity contribution in [2.75, 3.05) is 38.0 Å². The van der Waals surface area contributed by atoms with Crippen LogP contribution in [-0.4, -0.2) is 99.2 Å². The maximum Gasteiger partial charge on any atom is 0.410 e. The number of nitrogens with zero attached hydrogens (tertiary/aromatic N) is 4. The Bertz CT molecular complexity index is 1300. The summed E-state index contributed by atoms with van der Waals surface area (Å²) in [6, 6.07) is -1.07. The molecule has 0 spiro atoms. The molecule has 4 rings (SSSR count). The summed E-state index contributed by atoms with van der Waals surface area (Å²) in [4.78, 5) is 70.3. The molecule has 0 aromatic carbocycles. The minimum atomic E-state index is -1.07. The average Bonchev–Trinajstić information content (AvgIpc) is 3.62. The van der Waals surface area contributed by atoms with Gasteiger partial charge >= 0.3 is 18.0 Å². The summed E-state index contributed by atoms with van der Waals surface area (Å²) in [6.45, 7) is 5.10. The Morgan fingerprint density at radius 1 is 1.20 bits per heavy atom. The van der Waals surface area contributed by atoms with Crippen molar-refractivity contribution in [3.63, 3.8) is 0 Å². The Morgan fingerprint density at radius 3 is 2.51 bits per heavy atom. The lowest BCUT2D eigenvalue weighted by molar-refractivity contribution is -0.173. The number of rotatable bonds is 8. The van der Waals surface area contributed by atoms with Crippen molar-refractivity contribution in [2.45, 2.75) is 45.0 Å². The van der Waals surface area contributed by atoms with Gasteiger partial charge in [0.05, 0.1) is 5.41 Å². The first kappa shape index (κ1) is 30.1. The molecule has 1 aromatic rings. The number of aromatic nitrogens is 1. The van der Waals surface area contributed by atoms with Crippen molar-refractivity contribution in [1.29, 1.82) is 0 Å². The lowest BCUT2D eigenvalue weighted by atomic mass is 9.98. The number of esters is 2. The fraction of sp³-hybridized carbons (Fsp3) is 0.542. The third-order valence-corrected chi connectivity index (χ3v) is 8.35. The number of oxime groups is 1. The first-order chi connectivity index (χ1) is 19.4. The number of hydrogen-bond donors (Lipinski definition) is 3. The van der Waals surface area contributed by atoms with Crippen LogP contribution in [0, 0.1) is 5.41 Å². The second-order valence-corrected chi connectivity index (χ2v) is 12.3. The van der Waals surface area contributed by atoms with E-state index < -0.39 is 59.2 Å². The highest BCUT2D eigenvalue weighted by atomic mass is 32.2. The summed E-state index contributed by atoms with van der Waals surface area (Å²) in [5, 5.41) is 15.7. The van der Waals surface area contributed by atoms with Gasteiger partial charge < -0.3 is 35.4 Å². The number of likely N-dealkylation sites (tertiary alicyclic amines) is 1. The van der Waals surface area contributed by atoms with Gasteiger partial charge in [0.2, 0.25) is 6.79 Å². The van der Waals surface area contributed by atoms with E-state index in [0.29, 0.717) is 18.7 Å². The topological polar surface area (TPSA) is 203 Å². The number of thiazole rings is 1. The number of carbonyl (C=O) groups excluding carboxylic acids is 5. The number of nitrogens with one attached hydrogen (secondary N) is 1. The van der Waals surface area contributed by atoms with E-state index in [1.54, 1.807) is 25.7 Å². The number of fused-ring (bicyclic) bond motifs is 1. The number of ether oxygens (including phenoxy) is 3. The Morgan fingerprint density at radius 2 is 1.90 bits per heavy atom. The molecule has 2 saturated heterocycles. The number of carbonyl (C=O) groups is 5. The van der Waals surface area contributed by atoms with Crippen molar-refractivity contribution in [3.05, 3.63) is 22.3 Å². The summed E-state index contributed by atoms with van der Waals surface area (Å²) < 4.78 is 15.6. The van der Waals surface area contributed by atoms with Crippen molar-refractivity contribution in [1.82, 2.24) is 20.1 Å². The molecule has 0 radical (unpaired) electrons. The number of hydrogen-bond acceptors (Lipinski definition) is 14. The molecule has 1 unspecified atom stereocenters. The monoisotopic (exact) mass is 610 g/mol. The fourth-order valence-corrected chi connectivity index (χ4v) is 6.04. The largest absolute Gasteiger partial charge is 0.445 e. The second kappa shape index (κ2) is 12.3. The quantitative estimate of drug-likeness (QED) is 0.0938. The average molecular weight is 611 g/mol. The van der Waals surface area contributed by atoms with Gasteiger partial charge in [-0.2, -0.15) is 0 Å². The summed E-state index contributed by atoms with van der Waals surface area (Å²) in [6.07, 6.45) is 1.20. The molecule has 0 aliphatic carbocycles. The molecule has 41 heavy (non-hydrogen) atoms. The van der Waals surface area contributed by atoms with E-state index in [4.69, 9.17) is 19.9 Å². The van der Waals surface area contributed by atoms with Crippen molar-refractivity contribution >= 4 is 63.8 Å². The van der Waals surface area contributed by atoms with E-state index >= 15 is 0 Å². The third kappa shape index (κ3) is 6.56. The number of nitrogens with two attached hydrogens (primary N) is 1. The Hall–Kier alpha value is -3.86. The highest BCUT2D eigenvalue weighted by molar-refractivity contribution is 8.00. The molecule has 2 fully saturated rings. The van der Waals surface area contributed by atoms with Crippen LogP contribution in [0.2, 0.25) is 0 Å². The van der Waals surface area contributed by atoms with Crippen LogP contribution < -0.4 is 11.1 Å². The lowest BCUT2D eigenvalue weighted by Gasteiger charge is -2.49. The minimum Gasteiger partial charge on any atom is -0.445 e.